The van der Waals surface area contributed by atoms with Crippen LogP contribution < -0.4 is 0 Å². The van der Waals surface area contributed by atoms with Crippen molar-refractivity contribution in [3.8, 4) is 0 Å². The van der Waals surface area contributed by atoms with Crippen molar-refractivity contribution in [3.05, 3.63) is 108 Å². The van der Waals surface area contributed by atoms with E-state index in [-0.39, 0.29) is 12.7 Å². The molecule has 8 heteroatoms. The Morgan fingerprint density at radius 1 is 0.875 bits per heavy atom. The maximum Gasteiger partial charge on any atom is 0.337 e. The van der Waals surface area contributed by atoms with Gasteiger partial charge in [0.1, 0.15) is 23.9 Å². The Balaban J connectivity index is 1.33. The highest BCUT2D eigenvalue weighted by Crippen LogP contribution is 2.44. The molecule has 0 aliphatic carbocycles. The predicted molar refractivity (Wildman–Crippen MR) is 146 cm³/mol. The third-order valence-electron chi connectivity index (χ3n) is 7.75. The summed E-state index contributed by atoms with van der Waals surface area (Å²) in [7, 11) is 1.36. The van der Waals surface area contributed by atoms with Crippen molar-refractivity contribution >= 4 is 5.97 Å². The van der Waals surface area contributed by atoms with Crippen LogP contribution >= 0.6 is 0 Å². The molecular formula is C32H35NO7. The van der Waals surface area contributed by atoms with E-state index in [4.69, 9.17) is 28.5 Å². The first-order chi connectivity index (χ1) is 19.4. The van der Waals surface area contributed by atoms with E-state index in [1.165, 1.54) is 7.11 Å². The van der Waals surface area contributed by atoms with Gasteiger partial charge in [-0.15, -0.1) is 0 Å². The highest BCUT2D eigenvalue weighted by molar-refractivity contribution is 5.74. The Morgan fingerprint density at radius 2 is 1.40 bits per heavy atom. The van der Waals surface area contributed by atoms with Crippen molar-refractivity contribution in [2.45, 2.75) is 62.3 Å². The lowest BCUT2D eigenvalue weighted by Crippen LogP contribution is -2.43. The lowest BCUT2D eigenvalue weighted by molar-refractivity contribution is -0.277. The van der Waals surface area contributed by atoms with E-state index in [1.54, 1.807) is 5.06 Å². The fraction of sp³-hybridized carbons (Fsp3) is 0.406. The standard InChI is InChI=1S/C32H35NO7/c1-31(2)38-27-26(37-29(28(27)39-31)33-20-19-25(40-33)30(34)35-3)21-36-32(22-13-7-4-8-14-22,23-15-9-5-10-16-23)24-17-11-6-12-18-24/h4-18,25-29H,19-21H2,1-3H3/t25?,26-,27+,28-,29-/m0/s1. The van der Waals surface area contributed by atoms with E-state index in [2.05, 4.69) is 36.4 Å². The third kappa shape index (κ3) is 4.96. The molecule has 40 heavy (non-hydrogen) atoms. The lowest BCUT2D eigenvalue weighted by atomic mass is 9.80. The SMILES string of the molecule is COC(=O)C1CCN([C@H]2O[C@@H](COC(c3ccccc3)(c3ccccc3)c3ccccc3)[C@H]3OC(C)(C)O[C@@H]32)O1. The minimum absolute atomic E-state index is 0.226. The first-order valence-electron chi connectivity index (χ1n) is 13.7. The summed E-state index contributed by atoms with van der Waals surface area (Å²) in [6, 6.07) is 30.7. The van der Waals surface area contributed by atoms with Crippen molar-refractivity contribution in [3.63, 3.8) is 0 Å². The second-order valence-electron chi connectivity index (χ2n) is 10.8. The van der Waals surface area contributed by atoms with E-state index in [1.807, 2.05) is 68.4 Å². The van der Waals surface area contributed by atoms with Gasteiger partial charge in [0.25, 0.3) is 0 Å². The molecule has 0 N–H and O–H groups in total. The number of fused-ring (bicyclic) bond motifs is 1. The molecule has 3 aromatic carbocycles. The number of methoxy groups -OCH3 is 1. The van der Waals surface area contributed by atoms with Crippen LogP contribution in [-0.4, -0.2) is 67.7 Å². The largest absolute Gasteiger partial charge is 0.467 e. The highest BCUT2D eigenvalue weighted by atomic mass is 16.8. The van der Waals surface area contributed by atoms with Crippen LogP contribution in [0.2, 0.25) is 0 Å². The van der Waals surface area contributed by atoms with Crippen LogP contribution in [0.1, 0.15) is 37.0 Å². The number of hydrogen-bond donors (Lipinski definition) is 0. The maximum absolute atomic E-state index is 12.1. The van der Waals surface area contributed by atoms with Gasteiger partial charge in [0.05, 0.1) is 13.7 Å². The molecule has 210 valence electrons. The first kappa shape index (κ1) is 27.1. The fourth-order valence-electron chi connectivity index (χ4n) is 5.99. The molecule has 3 aliphatic rings. The summed E-state index contributed by atoms with van der Waals surface area (Å²) in [6.45, 7) is 4.52. The van der Waals surface area contributed by atoms with Crippen molar-refractivity contribution in [1.82, 2.24) is 5.06 Å². The normalized spacial score (nSPS) is 27.9. The number of benzene rings is 3. The van der Waals surface area contributed by atoms with Gasteiger partial charge in [-0.2, -0.15) is 5.06 Å². The Kier molecular flexibility index (Phi) is 7.48. The molecule has 0 amide bonds. The number of carbonyl (C=O) groups excluding carboxylic acids is 1. The Morgan fingerprint density at radius 3 is 1.93 bits per heavy atom. The number of carbonyl (C=O) groups is 1. The summed E-state index contributed by atoms with van der Waals surface area (Å²) in [5, 5.41) is 1.68. The van der Waals surface area contributed by atoms with E-state index < -0.39 is 41.9 Å². The molecule has 8 nitrogen and oxygen atoms in total. The van der Waals surface area contributed by atoms with Gasteiger partial charge >= 0.3 is 5.97 Å². The average molecular weight is 546 g/mol. The number of rotatable bonds is 8. The molecule has 3 heterocycles. The van der Waals surface area contributed by atoms with Gasteiger partial charge in [-0.05, 0) is 30.5 Å². The number of hydrogen-bond acceptors (Lipinski definition) is 8. The number of esters is 1. The third-order valence-corrected chi connectivity index (χ3v) is 7.75. The Labute approximate surface area is 234 Å². The van der Waals surface area contributed by atoms with Crippen LogP contribution in [0.15, 0.2) is 91.0 Å². The molecule has 0 spiro atoms. The summed E-state index contributed by atoms with van der Waals surface area (Å²) >= 11 is 0. The summed E-state index contributed by atoms with van der Waals surface area (Å²) in [4.78, 5) is 18.0. The minimum Gasteiger partial charge on any atom is -0.467 e. The molecule has 3 fully saturated rings. The zero-order valence-corrected chi connectivity index (χ0v) is 23.0. The highest BCUT2D eigenvalue weighted by Gasteiger charge is 2.58. The van der Waals surface area contributed by atoms with E-state index in [0.29, 0.717) is 13.0 Å². The number of ether oxygens (including phenoxy) is 5. The van der Waals surface area contributed by atoms with Gasteiger partial charge in [-0.1, -0.05) is 91.0 Å². The van der Waals surface area contributed by atoms with Crippen LogP contribution in [0.4, 0.5) is 0 Å². The van der Waals surface area contributed by atoms with Crippen molar-refractivity contribution in [1.29, 1.82) is 0 Å². The van der Waals surface area contributed by atoms with Crippen LogP contribution in [0.25, 0.3) is 0 Å². The van der Waals surface area contributed by atoms with Gasteiger partial charge in [0.2, 0.25) is 0 Å². The van der Waals surface area contributed by atoms with Gasteiger partial charge in [-0.3, -0.25) is 4.84 Å². The van der Waals surface area contributed by atoms with Gasteiger partial charge in [-0.25, -0.2) is 4.79 Å². The van der Waals surface area contributed by atoms with Gasteiger partial charge in [0, 0.05) is 13.0 Å². The topological polar surface area (TPSA) is 75.7 Å². The van der Waals surface area contributed by atoms with Crippen LogP contribution in [0.3, 0.4) is 0 Å². The lowest BCUT2D eigenvalue weighted by Gasteiger charge is -2.37. The molecule has 3 saturated heterocycles. The molecule has 0 radical (unpaired) electrons. The van der Waals surface area contributed by atoms with Crippen LogP contribution in [0, 0.1) is 0 Å². The molecule has 3 aromatic rings. The molecule has 0 saturated carbocycles. The zero-order chi connectivity index (χ0) is 27.7. The molecule has 0 bridgehead atoms. The molecule has 0 aromatic heterocycles. The molecule has 6 rings (SSSR count). The number of hydroxylamine groups is 2. The fourth-order valence-corrected chi connectivity index (χ4v) is 5.99. The summed E-state index contributed by atoms with van der Waals surface area (Å²) < 4.78 is 31.1. The molecule has 5 atom stereocenters. The first-order valence-corrected chi connectivity index (χ1v) is 13.7. The van der Waals surface area contributed by atoms with Gasteiger partial charge < -0.3 is 23.7 Å². The minimum atomic E-state index is -0.893. The van der Waals surface area contributed by atoms with Crippen LogP contribution in [0.5, 0.6) is 0 Å². The summed E-state index contributed by atoms with van der Waals surface area (Å²) in [5.74, 6) is -1.20. The van der Waals surface area contributed by atoms with E-state index in [9.17, 15) is 4.79 Å². The molecular weight excluding hydrogens is 510 g/mol. The summed E-state index contributed by atoms with van der Waals surface area (Å²) in [5.41, 5.74) is 2.12. The predicted octanol–water partition coefficient (Wildman–Crippen LogP) is 4.42. The van der Waals surface area contributed by atoms with Crippen molar-refractivity contribution < 1.29 is 33.3 Å². The van der Waals surface area contributed by atoms with Crippen LogP contribution in [-0.2, 0) is 38.9 Å². The summed E-state index contributed by atoms with van der Waals surface area (Å²) in [6.07, 6.45) is -1.98. The Hall–Kier alpha value is -3.11. The Bertz CT molecular complexity index is 1190. The van der Waals surface area contributed by atoms with E-state index in [0.717, 1.165) is 16.7 Å². The second kappa shape index (κ2) is 11.0. The average Bonchev–Trinajstić information content (AvgIpc) is 3.68. The van der Waals surface area contributed by atoms with Crippen molar-refractivity contribution in [2.24, 2.45) is 0 Å². The smallest absolute Gasteiger partial charge is 0.337 e. The molecule has 1 unspecified atom stereocenters. The zero-order valence-electron chi connectivity index (χ0n) is 23.0. The monoisotopic (exact) mass is 545 g/mol. The number of nitrogens with zero attached hydrogens (tertiary/aromatic N) is 1. The maximum atomic E-state index is 12.1. The molecule has 3 aliphatic heterocycles. The second-order valence-corrected chi connectivity index (χ2v) is 10.8. The van der Waals surface area contributed by atoms with E-state index >= 15 is 0 Å². The quantitative estimate of drug-likeness (QED) is 0.304. The van der Waals surface area contributed by atoms with Gasteiger partial charge in [0.15, 0.2) is 18.1 Å². The van der Waals surface area contributed by atoms with Crippen molar-refractivity contribution in [2.75, 3.05) is 20.3 Å².